The summed E-state index contributed by atoms with van der Waals surface area (Å²) >= 11 is 0. The molecule has 0 bridgehead atoms. The van der Waals surface area contributed by atoms with Gasteiger partial charge in [0.25, 0.3) is 0 Å². The predicted octanol–water partition coefficient (Wildman–Crippen LogP) is 2.50. The number of sulfonamides is 1. The van der Waals surface area contributed by atoms with Crippen LogP contribution in [-0.4, -0.2) is 29.2 Å². The van der Waals surface area contributed by atoms with Gasteiger partial charge in [0.2, 0.25) is 10.0 Å². The highest BCUT2D eigenvalue weighted by molar-refractivity contribution is 7.89. The van der Waals surface area contributed by atoms with E-state index in [2.05, 4.69) is 4.72 Å². The zero-order valence-corrected chi connectivity index (χ0v) is 14.0. The van der Waals surface area contributed by atoms with Crippen LogP contribution in [0.4, 0.5) is 8.78 Å². The van der Waals surface area contributed by atoms with Crippen LogP contribution in [0.5, 0.6) is 11.5 Å². The monoisotopic (exact) mass is 357 g/mol. The fourth-order valence-corrected chi connectivity index (χ4v) is 3.45. The first-order chi connectivity index (χ1) is 11.4. The van der Waals surface area contributed by atoms with Crippen LogP contribution in [0.2, 0.25) is 0 Å². The van der Waals surface area contributed by atoms with Crippen molar-refractivity contribution >= 4 is 10.0 Å². The van der Waals surface area contributed by atoms with Crippen molar-refractivity contribution in [3.05, 3.63) is 53.6 Å². The van der Waals surface area contributed by atoms with Crippen LogP contribution in [0.1, 0.15) is 5.56 Å². The highest BCUT2D eigenvalue weighted by atomic mass is 32.2. The molecule has 0 saturated carbocycles. The van der Waals surface area contributed by atoms with Crippen LogP contribution in [0, 0.1) is 11.6 Å². The Balaban J connectivity index is 2.15. The minimum atomic E-state index is -4.30. The Bertz CT molecular complexity index is 805. The minimum absolute atomic E-state index is 0.0559. The Kier molecular flexibility index (Phi) is 5.74. The smallest absolute Gasteiger partial charge is 0.246 e. The van der Waals surface area contributed by atoms with Crippen molar-refractivity contribution in [3.63, 3.8) is 0 Å². The summed E-state index contributed by atoms with van der Waals surface area (Å²) in [5.41, 5.74) is 0.702. The molecule has 0 unspecified atom stereocenters. The fourth-order valence-electron chi connectivity index (χ4n) is 2.28. The van der Waals surface area contributed by atoms with Gasteiger partial charge in [-0.3, -0.25) is 0 Å². The van der Waals surface area contributed by atoms with Crippen molar-refractivity contribution in [1.29, 1.82) is 0 Å². The normalized spacial score (nSPS) is 11.3. The van der Waals surface area contributed by atoms with Gasteiger partial charge in [-0.2, -0.15) is 0 Å². The maximum atomic E-state index is 13.6. The van der Waals surface area contributed by atoms with E-state index in [1.807, 2.05) is 0 Å². The first kappa shape index (κ1) is 18.2. The number of benzene rings is 2. The number of ether oxygens (including phenoxy) is 2. The molecule has 130 valence electrons. The van der Waals surface area contributed by atoms with Crippen molar-refractivity contribution in [2.45, 2.75) is 11.3 Å². The lowest BCUT2D eigenvalue weighted by atomic mass is 10.1. The first-order valence-corrected chi connectivity index (χ1v) is 8.52. The van der Waals surface area contributed by atoms with Crippen LogP contribution >= 0.6 is 0 Å². The van der Waals surface area contributed by atoms with Gasteiger partial charge in [-0.25, -0.2) is 21.9 Å². The largest absolute Gasteiger partial charge is 0.493 e. The quantitative estimate of drug-likeness (QED) is 0.827. The van der Waals surface area contributed by atoms with E-state index in [1.54, 1.807) is 18.2 Å². The second-order valence-electron chi connectivity index (χ2n) is 4.85. The van der Waals surface area contributed by atoms with E-state index in [1.165, 1.54) is 14.2 Å². The van der Waals surface area contributed by atoms with Crippen LogP contribution in [0.15, 0.2) is 41.3 Å². The summed E-state index contributed by atoms with van der Waals surface area (Å²) in [6.45, 7) is -0.0559. The molecular weight excluding hydrogens is 340 g/mol. The van der Waals surface area contributed by atoms with Crippen LogP contribution in [0.3, 0.4) is 0 Å². The maximum Gasteiger partial charge on any atom is 0.246 e. The molecule has 0 amide bonds. The third kappa shape index (κ3) is 3.82. The maximum absolute atomic E-state index is 13.6. The second kappa shape index (κ2) is 7.59. The molecule has 0 heterocycles. The lowest BCUT2D eigenvalue weighted by Gasteiger charge is -2.13. The highest BCUT2D eigenvalue weighted by Crippen LogP contribution is 2.30. The number of nitrogens with one attached hydrogen (secondary N) is 1. The minimum Gasteiger partial charge on any atom is -0.493 e. The zero-order valence-electron chi connectivity index (χ0n) is 13.2. The van der Waals surface area contributed by atoms with Crippen molar-refractivity contribution in [1.82, 2.24) is 4.72 Å². The van der Waals surface area contributed by atoms with Crippen LogP contribution in [-0.2, 0) is 16.4 Å². The molecule has 0 aromatic heterocycles. The molecule has 0 atom stereocenters. The summed E-state index contributed by atoms with van der Waals surface area (Å²) < 4.78 is 64.0. The number of halogens is 2. The lowest BCUT2D eigenvalue weighted by Crippen LogP contribution is -2.27. The van der Waals surface area contributed by atoms with Gasteiger partial charge in [-0.15, -0.1) is 0 Å². The fraction of sp³-hybridized carbons (Fsp3) is 0.250. The van der Waals surface area contributed by atoms with E-state index in [0.29, 0.717) is 17.1 Å². The summed E-state index contributed by atoms with van der Waals surface area (Å²) in [6.07, 6.45) is 0.260. The predicted molar refractivity (Wildman–Crippen MR) is 84.8 cm³/mol. The average Bonchev–Trinajstić information content (AvgIpc) is 2.53. The van der Waals surface area contributed by atoms with E-state index in [4.69, 9.17) is 9.47 Å². The van der Waals surface area contributed by atoms with Crippen molar-refractivity contribution in [2.75, 3.05) is 20.8 Å². The molecule has 0 aliphatic carbocycles. The summed E-state index contributed by atoms with van der Waals surface area (Å²) in [4.78, 5) is -0.984. The molecular formula is C16H17F2NO4S. The molecule has 24 heavy (non-hydrogen) atoms. The molecule has 1 N–H and O–H groups in total. The second-order valence-corrected chi connectivity index (χ2v) is 6.55. The Hall–Kier alpha value is -2.19. The number of rotatable bonds is 7. The van der Waals surface area contributed by atoms with Gasteiger partial charge in [0, 0.05) is 6.54 Å². The summed E-state index contributed by atoms with van der Waals surface area (Å²) in [6, 6.07) is 8.08. The van der Waals surface area contributed by atoms with Crippen molar-refractivity contribution in [3.8, 4) is 11.5 Å². The van der Waals surface area contributed by atoms with E-state index < -0.39 is 26.6 Å². The summed E-state index contributed by atoms with van der Waals surface area (Å²) in [5.74, 6) is -1.28. The van der Waals surface area contributed by atoms with E-state index in [0.717, 1.165) is 18.2 Å². The van der Waals surface area contributed by atoms with Crippen LogP contribution in [0.25, 0.3) is 0 Å². The summed E-state index contributed by atoms with van der Waals surface area (Å²) in [5, 5.41) is 0. The topological polar surface area (TPSA) is 64.6 Å². The SMILES string of the molecule is COc1cccc(CCNS(=O)(=O)c2c(F)cccc2F)c1OC. The standard InChI is InChI=1S/C16H17F2NO4S/c1-22-14-8-3-5-11(15(14)23-2)9-10-19-24(20,21)16-12(17)6-4-7-13(16)18/h3-8,19H,9-10H2,1-2H3. The Morgan fingerprint density at radius 1 is 1.00 bits per heavy atom. The molecule has 2 aromatic carbocycles. The third-order valence-corrected chi connectivity index (χ3v) is 4.87. The third-order valence-electron chi connectivity index (χ3n) is 3.36. The van der Waals surface area contributed by atoms with Gasteiger partial charge in [-0.1, -0.05) is 18.2 Å². The molecule has 0 aliphatic heterocycles. The molecule has 0 radical (unpaired) electrons. The molecule has 2 rings (SSSR count). The van der Waals surface area contributed by atoms with Gasteiger partial charge < -0.3 is 9.47 Å². The average molecular weight is 357 g/mol. The van der Waals surface area contributed by atoms with Gasteiger partial charge in [0.1, 0.15) is 11.6 Å². The molecule has 0 saturated heterocycles. The van der Waals surface area contributed by atoms with Gasteiger partial charge in [-0.05, 0) is 30.2 Å². The van der Waals surface area contributed by atoms with Crippen LogP contribution < -0.4 is 14.2 Å². The number of hydrogen-bond acceptors (Lipinski definition) is 4. The highest BCUT2D eigenvalue weighted by Gasteiger charge is 2.23. The molecule has 8 heteroatoms. The Labute approximate surface area is 139 Å². The number of para-hydroxylation sites is 1. The lowest BCUT2D eigenvalue weighted by molar-refractivity contribution is 0.351. The summed E-state index contributed by atoms with van der Waals surface area (Å²) in [7, 11) is -1.34. The Morgan fingerprint density at radius 2 is 1.62 bits per heavy atom. The zero-order chi connectivity index (χ0) is 17.7. The van der Waals surface area contributed by atoms with Gasteiger partial charge in [0.05, 0.1) is 14.2 Å². The molecule has 0 aliphatic rings. The van der Waals surface area contributed by atoms with E-state index in [9.17, 15) is 17.2 Å². The Morgan fingerprint density at radius 3 is 2.21 bits per heavy atom. The number of hydrogen-bond donors (Lipinski definition) is 1. The molecule has 5 nitrogen and oxygen atoms in total. The van der Waals surface area contributed by atoms with Gasteiger partial charge >= 0.3 is 0 Å². The van der Waals surface area contributed by atoms with E-state index >= 15 is 0 Å². The molecule has 0 fully saturated rings. The van der Waals surface area contributed by atoms with Gasteiger partial charge in [0.15, 0.2) is 16.4 Å². The van der Waals surface area contributed by atoms with Crippen molar-refractivity contribution in [2.24, 2.45) is 0 Å². The molecule has 0 spiro atoms. The van der Waals surface area contributed by atoms with E-state index in [-0.39, 0.29) is 13.0 Å². The molecule has 2 aromatic rings. The first-order valence-electron chi connectivity index (χ1n) is 7.04. The number of methoxy groups -OCH3 is 2. The van der Waals surface area contributed by atoms with Crippen molar-refractivity contribution < 1.29 is 26.7 Å².